The maximum atomic E-state index is 12.4. The summed E-state index contributed by atoms with van der Waals surface area (Å²) in [5, 5.41) is 9.43. The molecule has 0 bridgehead atoms. The first-order valence-corrected chi connectivity index (χ1v) is 7.77. The molecule has 4 atom stereocenters. The lowest BCUT2D eigenvalue weighted by atomic mass is 9.80. The number of aliphatic carboxylic acids is 1. The van der Waals surface area contributed by atoms with Crippen LogP contribution in [0, 0.1) is 11.8 Å². The summed E-state index contributed by atoms with van der Waals surface area (Å²) in [6, 6.07) is 0.754. The molecule has 0 aromatic rings. The average molecular weight is 280 g/mol. The van der Waals surface area contributed by atoms with Crippen molar-refractivity contribution in [3.05, 3.63) is 0 Å². The number of rotatable bonds is 3. The molecule has 0 aromatic carbocycles. The predicted molar refractivity (Wildman–Crippen MR) is 74.2 cm³/mol. The number of carboxylic acid groups (broad SMARTS) is 1. The van der Waals surface area contributed by atoms with Gasteiger partial charge in [-0.25, -0.2) is 0 Å². The van der Waals surface area contributed by atoms with Gasteiger partial charge in [-0.2, -0.15) is 0 Å². The molecule has 3 rings (SSSR count). The Hall–Kier alpha value is -1.10. The highest BCUT2D eigenvalue weighted by atomic mass is 16.4. The Morgan fingerprint density at radius 1 is 1.20 bits per heavy atom. The van der Waals surface area contributed by atoms with Crippen molar-refractivity contribution in [2.45, 2.75) is 57.7 Å². The zero-order valence-electron chi connectivity index (χ0n) is 12.3. The summed E-state index contributed by atoms with van der Waals surface area (Å²) in [6.07, 6.45) is 3.94. The van der Waals surface area contributed by atoms with Crippen LogP contribution >= 0.6 is 0 Å². The molecule has 2 saturated heterocycles. The fourth-order valence-corrected chi connectivity index (χ4v) is 4.14. The molecule has 20 heavy (non-hydrogen) atoms. The normalized spacial score (nSPS) is 39.3. The maximum Gasteiger partial charge on any atom is 0.308 e. The molecule has 2 heterocycles. The van der Waals surface area contributed by atoms with Crippen molar-refractivity contribution in [3.8, 4) is 0 Å². The summed E-state index contributed by atoms with van der Waals surface area (Å²) >= 11 is 0. The van der Waals surface area contributed by atoms with E-state index in [0.717, 1.165) is 25.6 Å². The van der Waals surface area contributed by atoms with E-state index >= 15 is 0 Å². The Labute approximate surface area is 119 Å². The van der Waals surface area contributed by atoms with Crippen LogP contribution in [-0.2, 0) is 9.59 Å². The van der Waals surface area contributed by atoms with Gasteiger partial charge in [0.15, 0.2) is 0 Å². The molecule has 5 nitrogen and oxygen atoms in total. The molecule has 5 heteroatoms. The van der Waals surface area contributed by atoms with Gasteiger partial charge < -0.3 is 10.0 Å². The Morgan fingerprint density at radius 3 is 2.50 bits per heavy atom. The summed E-state index contributed by atoms with van der Waals surface area (Å²) < 4.78 is 0. The van der Waals surface area contributed by atoms with Gasteiger partial charge in [-0.05, 0) is 32.1 Å². The Balaban J connectivity index is 1.73. The molecule has 1 N–H and O–H groups in total. The summed E-state index contributed by atoms with van der Waals surface area (Å²) in [4.78, 5) is 28.2. The molecule has 1 saturated carbocycles. The minimum atomic E-state index is -0.764. The third-order valence-electron chi connectivity index (χ3n) is 5.29. The molecule has 0 radical (unpaired) electrons. The monoisotopic (exact) mass is 280 g/mol. The van der Waals surface area contributed by atoms with Crippen molar-refractivity contribution >= 4 is 11.9 Å². The highest BCUT2D eigenvalue weighted by molar-refractivity contribution is 5.82. The minimum Gasteiger partial charge on any atom is -0.481 e. The molecule has 0 spiro atoms. The number of carbonyl (C=O) groups excluding carboxylic acids is 1. The molecule has 2 aliphatic heterocycles. The molecule has 0 aromatic heterocycles. The second-order valence-corrected chi connectivity index (χ2v) is 6.76. The van der Waals surface area contributed by atoms with E-state index in [1.165, 1.54) is 12.8 Å². The van der Waals surface area contributed by atoms with Crippen LogP contribution in [0.3, 0.4) is 0 Å². The van der Waals surface area contributed by atoms with E-state index in [2.05, 4.69) is 4.90 Å². The van der Waals surface area contributed by atoms with Gasteiger partial charge in [-0.3, -0.25) is 14.5 Å². The lowest BCUT2D eigenvalue weighted by Crippen LogP contribution is -2.57. The number of likely N-dealkylation sites (tertiary alicyclic amines) is 2. The highest BCUT2D eigenvalue weighted by Crippen LogP contribution is 2.36. The van der Waals surface area contributed by atoms with E-state index in [1.54, 1.807) is 0 Å². The molecular formula is C15H24N2O3. The summed E-state index contributed by atoms with van der Waals surface area (Å²) in [5.74, 6) is -1.11. The average Bonchev–Trinajstić information content (AvgIpc) is 3.08. The van der Waals surface area contributed by atoms with Gasteiger partial charge in [-0.15, -0.1) is 0 Å². The predicted octanol–water partition coefficient (Wildman–Crippen LogP) is 1.18. The van der Waals surface area contributed by atoms with Crippen molar-refractivity contribution in [2.24, 2.45) is 11.8 Å². The molecule has 1 aliphatic carbocycles. The lowest BCUT2D eigenvalue weighted by Gasteiger charge is -2.44. The number of carboxylic acids is 1. The topological polar surface area (TPSA) is 60.9 Å². The first kappa shape index (κ1) is 13.9. The van der Waals surface area contributed by atoms with Crippen LogP contribution in [0.25, 0.3) is 0 Å². The van der Waals surface area contributed by atoms with Gasteiger partial charge >= 0.3 is 5.97 Å². The van der Waals surface area contributed by atoms with Crippen LogP contribution < -0.4 is 0 Å². The Morgan fingerprint density at radius 2 is 1.90 bits per heavy atom. The zero-order chi connectivity index (χ0) is 14.4. The Kier molecular flexibility index (Phi) is 3.48. The second-order valence-electron chi connectivity index (χ2n) is 6.76. The summed E-state index contributed by atoms with van der Waals surface area (Å²) in [5.41, 5.74) is 0. The van der Waals surface area contributed by atoms with Gasteiger partial charge in [0.25, 0.3) is 0 Å². The quantitative estimate of drug-likeness (QED) is 0.843. The van der Waals surface area contributed by atoms with E-state index in [9.17, 15) is 14.7 Å². The number of hydrogen-bond acceptors (Lipinski definition) is 3. The lowest BCUT2D eigenvalue weighted by molar-refractivity contribution is -0.156. The summed E-state index contributed by atoms with van der Waals surface area (Å²) in [7, 11) is 0. The molecule has 1 amide bonds. The minimum absolute atomic E-state index is 0.0628. The Bertz CT molecular complexity index is 421. The number of nitrogens with zero attached hydrogens (tertiary/aromatic N) is 2. The van der Waals surface area contributed by atoms with Gasteiger partial charge in [0.1, 0.15) is 0 Å². The van der Waals surface area contributed by atoms with Crippen LogP contribution in [0.2, 0.25) is 0 Å². The highest BCUT2D eigenvalue weighted by Gasteiger charge is 2.46. The van der Waals surface area contributed by atoms with Crippen molar-refractivity contribution in [3.63, 3.8) is 0 Å². The van der Waals surface area contributed by atoms with Crippen LogP contribution in [-0.4, -0.2) is 58.0 Å². The largest absolute Gasteiger partial charge is 0.481 e. The van der Waals surface area contributed by atoms with E-state index in [0.29, 0.717) is 6.42 Å². The number of amides is 1. The number of piperidine rings is 1. The van der Waals surface area contributed by atoms with Crippen LogP contribution in [0.4, 0.5) is 0 Å². The molecule has 4 unspecified atom stereocenters. The van der Waals surface area contributed by atoms with Crippen LogP contribution in [0.5, 0.6) is 0 Å². The zero-order valence-corrected chi connectivity index (χ0v) is 12.3. The molecule has 3 fully saturated rings. The van der Waals surface area contributed by atoms with E-state index in [4.69, 9.17) is 0 Å². The number of carbonyl (C=O) groups is 2. The van der Waals surface area contributed by atoms with Crippen LogP contribution in [0.1, 0.15) is 39.5 Å². The third-order valence-corrected chi connectivity index (χ3v) is 5.29. The second kappa shape index (κ2) is 5.02. The first-order chi connectivity index (χ1) is 9.49. The van der Waals surface area contributed by atoms with Crippen molar-refractivity contribution in [1.82, 2.24) is 9.80 Å². The van der Waals surface area contributed by atoms with Crippen molar-refractivity contribution in [2.75, 3.05) is 13.1 Å². The fourth-order valence-electron chi connectivity index (χ4n) is 4.14. The first-order valence-electron chi connectivity index (χ1n) is 7.77. The maximum absolute atomic E-state index is 12.4. The van der Waals surface area contributed by atoms with E-state index < -0.39 is 11.9 Å². The standard InChI is InChI=1S/C15H24N2O3/c1-9-7-13(18)17(10(2)14(9)15(19)20)12-5-6-16(8-12)11-3-4-11/h9-12,14H,3-8H2,1-2H3,(H,19,20). The molecular weight excluding hydrogens is 256 g/mol. The van der Waals surface area contributed by atoms with Gasteiger partial charge in [0.05, 0.1) is 5.92 Å². The van der Waals surface area contributed by atoms with Crippen molar-refractivity contribution < 1.29 is 14.7 Å². The molecule has 112 valence electrons. The summed E-state index contributed by atoms with van der Waals surface area (Å²) in [6.45, 7) is 5.78. The smallest absolute Gasteiger partial charge is 0.308 e. The van der Waals surface area contributed by atoms with E-state index in [1.807, 2.05) is 18.7 Å². The van der Waals surface area contributed by atoms with Gasteiger partial charge in [0.2, 0.25) is 5.91 Å². The molecule has 3 aliphatic rings. The SMILES string of the molecule is CC1CC(=O)N(C2CCN(C3CC3)C2)C(C)C1C(=O)O. The van der Waals surface area contributed by atoms with Gasteiger partial charge in [-0.1, -0.05) is 6.92 Å². The number of hydrogen-bond donors (Lipinski definition) is 1. The van der Waals surface area contributed by atoms with Crippen LogP contribution in [0.15, 0.2) is 0 Å². The van der Waals surface area contributed by atoms with Gasteiger partial charge in [0, 0.05) is 37.6 Å². The van der Waals surface area contributed by atoms with E-state index in [-0.39, 0.29) is 23.9 Å². The van der Waals surface area contributed by atoms with Crippen molar-refractivity contribution in [1.29, 1.82) is 0 Å². The fraction of sp³-hybridized carbons (Fsp3) is 0.867. The third kappa shape index (κ3) is 2.32.